The molecule has 310 valence electrons. The first-order chi connectivity index (χ1) is 26.5. The van der Waals surface area contributed by atoms with Gasteiger partial charge in [-0.05, 0) is 92.6 Å². The Bertz CT molecular complexity index is 2440. The van der Waals surface area contributed by atoms with Crippen molar-refractivity contribution in [2.75, 3.05) is 30.3 Å². The summed E-state index contributed by atoms with van der Waals surface area (Å²) in [5.41, 5.74) is 5.71. The number of carbonyl (C=O) groups is 1. The molecule has 2 aromatic carbocycles. The predicted octanol–water partition coefficient (Wildman–Crippen LogP) is 6.66. The van der Waals surface area contributed by atoms with Crippen molar-refractivity contribution in [2.45, 2.75) is 107 Å². The molecule has 0 unspecified atom stereocenters. The van der Waals surface area contributed by atoms with Gasteiger partial charge >= 0.3 is 5.97 Å². The second-order valence-corrected chi connectivity index (χ2v) is 20.1. The van der Waals surface area contributed by atoms with E-state index in [-0.39, 0.29) is 35.7 Å². The summed E-state index contributed by atoms with van der Waals surface area (Å²) in [4.78, 5) is 18.1. The SMILES string of the molecule is CCCCN1/C(=C\C=C2\CCC/C(=C/CC3=[N+](CCCS(=O)(=O)O)c4ccc(S(=O)(=O)O)cc4C3(C)C)C2=NCCC(=O)O)C(C)(C)c2cc(S(=O)(=O)O)ccc21. The molecule has 57 heavy (non-hydrogen) atoms. The number of anilines is 1. The minimum atomic E-state index is -4.51. The van der Waals surface area contributed by atoms with Crippen LogP contribution in [0.1, 0.15) is 97.1 Å². The summed E-state index contributed by atoms with van der Waals surface area (Å²) in [6.07, 6.45) is 10.2. The number of carboxylic acids is 1. The highest BCUT2D eigenvalue weighted by atomic mass is 32.2. The van der Waals surface area contributed by atoms with Crippen LogP contribution >= 0.6 is 0 Å². The third-order valence-corrected chi connectivity index (χ3v) is 13.5. The molecule has 2 heterocycles. The number of hydrogen-bond acceptors (Lipinski definition) is 9. The maximum absolute atomic E-state index is 12.1. The molecule has 0 radical (unpaired) electrons. The Morgan fingerprint density at radius 2 is 1.49 bits per heavy atom. The van der Waals surface area contributed by atoms with Crippen molar-refractivity contribution in [1.29, 1.82) is 0 Å². The Hall–Kier alpha value is -4.00. The minimum Gasteiger partial charge on any atom is -0.481 e. The van der Waals surface area contributed by atoms with Crippen LogP contribution in [-0.4, -0.2) is 91.4 Å². The molecule has 0 aromatic heterocycles. The van der Waals surface area contributed by atoms with Crippen molar-refractivity contribution in [3.63, 3.8) is 0 Å². The molecule has 14 nitrogen and oxygen atoms in total. The summed E-state index contributed by atoms with van der Waals surface area (Å²) >= 11 is 0. The van der Waals surface area contributed by atoms with Gasteiger partial charge in [-0.3, -0.25) is 23.4 Å². The minimum absolute atomic E-state index is 0.0432. The molecule has 17 heteroatoms. The summed E-state index contributed by atoms with van der Waals surface area (Å²) in [6, 6.07) is 8.94. The molecule has 3 aliphatic rings. The van der Waals surface area contributed by atoms with Gasteiger partial charge in [0.1, 0.15) is 6.54 Å². The summed E-state index contributed by atoms with van der Waals surface area (Å²) in [5.74, 6) is -1.46. The zero-order valence-corrected chi connectivity index (χ0v) is 35.3. The highest BCUT2D eigenvalue weighted by molar-refractivity contribution is 7.86. The quantitative estimate of drug-likeness (QED) is 0.109. The molecule has 0 saturated heterocycles. The van der Waals surface area contributed by atoms with Crippen LogP contribution in [0.4, 0.5) is 11.4 Å². The average Bonchev–Trinajstić information content (AvgIpc) is 3.45. The number of allylic oxidation sites excluding steroid dienone is 6. The molecule has 4 N–H and O–H groups in total. The van der Waals surface area contributed by atoms with Crippen molar-refractivity contribution in [3.05, 3.63) is 82.6 Å². The number of rotatable bonds is 15. The summed E-state index contributed by atoms with van der Waals surface area (Å²) in [6.45, 7) is 10.9. The van der Waals surface area contributed by atoms with Crippen LogP contribution in [-0.2, 0) is 46.0 Å². The van der Waals surface area contributed by atoms with Gasteiger partial charge in [-0.15, -0.1) is 0 Å². The zero-order valence-electron chi connectivity index (χ0n) is 32.9. The van der Waals surface area contributed by atoms with Gasteiger partial charge in [0.15, 0.2) is 5.71 Å². The summed E-state index contributed by atoms with van der Waals surface area (Å²) in [5, 5.41) is 9.46. The van der Waals surface area contributed by atoms with Crippen LogP contribution in [0.3, 0.4) is 0 Å². The molecule has 0 bridgehead atoms. The van der Waals surface area contributed by atoms with Crippen LogP contribution in [0, 0.1) is 0 Å². The fraction of sp³-hybridized carbons (Fsp3) is 0.475. The first-order valence-electron chi connectivity index (χ1n) is 18.9. The largest absolute Gasteiger partial charge is 0.481 e. The Morgan fingerprint density at radius 1 is 0.860 bits per heavy atom. The first-order valence-corrected chi connectivity index (χ1v) is 23.4. The molecule has 0 atom stereocenters. The van der Waals surface area contributed by atoms with Crippen LogP contribution in [0.5, 0.6) is 0 Å². The van der Waals surface area contributed by atoms with Crippen molar-refractivity contribution < 1.29 is 53.4 Å². The smallest absolute Gasteiger partial charge is 0.305 e. The Balaban J connectivity index is 1.58. The lowest BCUT2D eigenvalue weighted by Gasteiger charge is -2.27. The number of hydrogen-bond donors (Lipinski definition) is 4. The van der Waals surface area contributed by atoms with Gasteiger partial charge < -0.3 is 10.0 Å². The van der Waals surface area contributed by atoms with E-state index < -0.39 is 52.9 Å². The van der Waals surface area contributed by atoms with Gasteiger partial charge in [0.2, 0.25) is 5.69 Å². The second-order valence-electron chi connectivity index (χ2n) is 15.7. The molecule has 1 aliphatic carbocycles. The third kappa shape index (κ3) is 9.83. The molecule has 2 aromatic rings. The molecule has 1 saturated carbocycles. The molecule has 0 spiro atoms. The Labute approximate surface area is 335 Å². The van der Waals surface area contributed by atoms with E-state index in [1.54, 1.807) is 12.1 Å². The van der Waals surface area contributed by atoms with E-state index in [0.29, 0.717) is 42.8 Å². The molecule has 2 aliphatic heterocycles. The van der Waals surface area contributed by atoms with Gasteiger partial charge in [0, 0.05) is 47.8 Å². The van der Waals surface area contributed by atoms with E-state index in [9.17, 15) is 48.8 Å². The fourth-order valence-corrected chi connectivity index (χ4v) is 9.59. The van der Waals surface area contributed by atoms with Crippen molar-refractivity contribution in [2.24, 2.45) is 4.99 Å². The van der Waals surface area contributed by atoms with E-state index in [1.165, 1.54) is 24.3 Å². The maximum Gasteiger partial charge on any atom is 0.305 e. The summed E-state index contributed by atoms with van der Waals surface area (Å²) < 4.78 is 103. The number of aliphatic imine (C=N–C) groups is 1. The number of fused-ring (bicyclic) bond motifs is 2. The predicted molar refractivity (Wildman–Crippen MR) is 219 cm³/mol. The van der Waals surface area contributed by atoms with E-state index in [4.69, 9.17) is 4.99 Å². The fourth-order valence-electron chi connectivity index (χ4n) is 8.09. The highest BCUT2D eigenvalue weighted by Crippen LogP contribution is 2.49. The Kier molecular flexibility index (Phi) is 12.9. The van der Waals surface area contributed by atoms with Gasteiger partial charge in [-0.1, -0.05) is 39.3 Å². The average molecular weight is 847 g/mol. The van der Waals surface area contributed by atoms with Gasteiger partial charge in [-0.2, -0.15) is 29.8 Å². The molecule has 1 fully saturated rings. The lowest BCUT2D eigenvalue weighted by Crippen LogP contribution is -2.30. The normalized spacial score (nSPS) is 20.9. The summed E-state index contributed by atoms with van der Waals surface area (Å²) in [7, 11) is -13.2. The van der Waals surface area contributed by atoms with Crippen LogP contribution in [0.25, 0.3) is 0 Å². The number of nitrogens with zero attached hydrogens (tertiary/aromatic N) is 3. The van der Waals surface area contributed by atoms with E-state index in [2.05, 4.69) is 11.8 Å². The van der Waals surface area contributed by atoms with Gasteiger partial charge in [-0.25, -0.2) is 0 Å². The first kappa shape index (κ1) is 44.1. The lowest BCUT2D eigenvalue weighted by molar-refractivity contribution is -0.439. The molecular weight excluding hydrogens is 795 g/mol. The number of aliphatic carboxylic acids is 1. The van der Waals surface area contributed by atoms with Gasteiger partial charge in [0.25, 0.3) is 30.4 Å². The third-order valence-electron chi connectivity index (χ3n) is 11.0. The second kappa shape index (κ2) is 16.7. The standard InChI is InChI=1S/C40H51N3O11S3/c1-6-7-22-42-33-16-14-29(56(49,50)51)25-31(33)39(2,3)35(42)18-12-27-10-8-11-28(38(27)41-21-20-37(44)45)13-19-36-40(4,5)32-26-30(57(52,53)54)15-17-34(32)43(36)23-9-24-55(46,47)48/h12-18,25-26H,6-11,19-24H2,1-5H3,(H3-,44,45,46,47,48,49,50,51,52,53,54)/p+1/b27-12-,28-13-,35-18-,41-38?. The topological polar surface area (TPSA) is 219 Å². The number of benzene rings is 2. The van der Waals surface area contributed by atoms with E-state index in [0.717, 1.165) is 53.1 Å². The van der Waals surface area contributed by atoms with Crippen molar-refractivity contribution in [3.8, 4) is 0 Å². The zero-order chi connectivity index (χ0) is 42.1. The van der Waals surface area contributed by atoms with Crippen LogP contribution in [0.2, 0.25) is 0 Å². The lowest BCUT2D eigenvalue weighted by atomic mass is 9.79. The molecule has 5 rings (SSSR count). The number of carboxylic acid groups (broad SMARTS) is 1. The van der Waals surface area contributed by atoms with Gasteiger partial charge in [0.05, 0.1) is 39.6 Å². The van der Waals surface area contributed by atoms with Crippen molar-refractivity contribution >= 4 is 59.1 Å². The molecule has 0 amide bonds. The molecular formula is C40H52N3O11S3+. The van der Waals surface area contributed by atoms with E-state index >= 15 is 0 Å². The highest BCUT2D eigenvalue weighted by Gasteiger charge is 2.46. The number of unbranched alkanes of at least 4 members (excludes halogenated alkanes) is 1. The van der Waals surface area contributed by atoms with E-state index in [1.807, 2.05) is 50.5 Å². The van der Waals surface area contributed by atoms with Crippen molar-refractivity contribution in [1.82, 2.24) is 0 Å². The maximum atomic E-state index is 12.1. The monoisotopic (exact) mass is 846 g/mol. The van der Waals surface area contributed by atoms with Crippen LogP contribution in [0.15, 0.2) is 86.3 Å². The Morgan fingerprint density at radius 3 is 2.11 bits per heavy atom. The van der Waals surface area contributed by atoms with Crippen LogP contribution < -0.4 is 4.90 Å².